The lowest BCUT2D eigenvalue weighted by Gasteiger charge is -2.54. The molecule has 1 saturated heterocycles. The Morgan fingerprint density at radius 3 is 2.33 bits per heavy atom. The molecule has 2 aliphatic carbocycles. The molecule has 2 saturated carbocycles. The molecule has 104 valence electrons. The molecule has 0 bridgehead atoms. The molecule has 1 spiro atoms. The largest absolute Gasteiger partial charge is 0.308 e. The summed E-state index contributed by atoms with van der Waals surface area (Å²) < 4.78 is 0. The molecule has 0 atom stereocenters. The average Bonchev–Trinajstić information content (AvgIpc) is 3.10. The Morgan fingerprint density at radius 2 is 1.78 bits per heavy atom. The molecule has 2 heteroatoms. The minimum Gasteiger partial charge on any atom is -0.308 e. The molecule has 1 heterocycles. The van der Waals surface area contributed by atoms with E-state index in [1.807, 2.05) is 0 Å². The third-order valence-corrected chi connectivity index (χ3v) is 6.01. The van der Waals surface area contributed by atoms with Gasteiger partial charge in [-0.25, -0.2) is 0 Å². The maximum absolute atomic E-state index is 3.97. The highest BCUT2D eigenvalue weighted by atomic mass is 15.3. The molecule has 3 rings (SSSR count). The van der Waals surface area contributed by atoms with Crippen LogP contribution in [0.25, 0.3) is 0 Å². The predicted octanol–water partition coefficient (Wildman–Crippen LogP) is 3.17. The summed E-state index contributed by atoms with van der Waals surface area (Å²) in [5.74, 6) is 1.03. The van der Waals surface area contributed by atoms with Gasteiger partial charge in [0.2, 0.25) is 0 Å². The molecule has 0 aromatic rings. The number of hydrogen-bond donors (Lipinski definition) is 1. The van der Waals surface area contributed by atoms with Gasteiger partial charge in [-0.05, 0) is 44.4 Å². The van der Waals surface area contributed by atoms with Crippen molar-refractivity contribution >= 4 is 0 Å². The molecule has 18 heavy (non-hydrogen) atoms. The van der Waals surface area contributed by atoms with Crippen molar-refractivity contribution in [2.45, 2.75) is 76.3 Å². The minimum atomic E-state index is 0.455. The van der Waals surface area contributed by atoms with Crippen LogP contribution in [0.5, 0.6) is 0 Å². The summed E-state index contributed by atoms with van der Waals surface area (Å²) in [5.41, 5.74) is 0.944. The van der Waals surface area contributed by atoms with Crippen molar-refractivity contribution in [3.8, 4) is 0 Å². The topological polar surface area (TPSA) is 15.3 Å². The quantitative estimate of drug-likeness (QED) is 0.824. The number of nitrogens with zero attached hydrogens (tertiary/aromatic N) is 1. The molecule has 0 aromatic carbocycles. The van der Waals surface area contributed by atoms with E-state index in [-0.39, 0.29) is 0 Å². The van der Waals surface area contributed by atoms with E-state index in [0.29, 0.717) is 11.1 Å². The van der Waals surface area contributed by atoms with Crippen molar-refractivity contribution in [3.05, 3.63) is 0 Å². The molecular formula is C16H30N2. The molecule has 3 aliphatic rings. The summed E-state index contributed by atoms with van der Waals surface area (Å²) in [5, 5.41) is 3.97. The first kappa shape index (κ1) is 12.9. The second-order valence-electron chi connectivity index (χ2n) is 7.10. The average molecular weight is 250 g/mol. The second kappa shape index (κ2) is 4.79. The maximum atomic E-state index is 3.97. The summed E-state index contributed by atoms with van der Waals surface area (Å²) in [4.78, 5) is 2.90. The fourth-order valence-corrected chi connectivity index (χ4v) is 4.26. The lowest BCUT2D eigenvalue weighted by molar-refractivity contribution is -0.00333. The SMILES string of the molecule is CCC1(CC)CNC2(CCCC2)CN1CC1CC1. The van der Waals surface area contributed by atoms with E-state index in [9.17, 15) is 0 Å². The lowest BCUT2D eigenvalue weighted by Crippen LogP contribution is -2.69. The van der Waals surface area contributed by atoms with Gasteiger partial charge in [0.1, 0.15) is 0 Å². The van der Waals surface area contributed by atoms with Gasteiger partial charge in [0, 0.05) is 30.7 Å². The van der Waals surface area contributed by atoms with E-state index < -0.39 is 0 Å². The highest BCUT2D eigenvalue weighted by molar-refractivity contribution is 5.07. The van der Waals surface area contributed by atoms with E-state index in [4.69, 9.17) is 0 Å². The van der Waals surface area contributed by atoms with Crippen LogP contribution in [0.3, 0.4) is 0 Å². The monoisotopic (exact) mass is 250 g/mol. The minimum absolute atomic E-state index is 0.455. The van der Waals surface area contributed by atoms with Crippen LogP contribution >= 0.6 is 0 Å². The summed E-state index contributed by atoms with van der Waals surface area (Å²) >= 11 is 0. The smallest absolute Gasteiger partial charge is 0.0329 e. The van der Waals surface area contributed by atoms with Crippen LogP contribution in [0, 0.1) is 5.92 Å². The summed E-state index contributed by atoms with van der Waals surface area (Å²) in [7, 11) is 0. The summed E-state index contributed by atoms with van der Waals surface area (Å²) in [6.07, 6.45) is 11.3. The van der Waals surface area contributed by atoms with Gasteiger partial charge in [0.25, 0.3) is 0 Å². The molecule has 0 unspecified atom stereocenters. The van der Waals surface area contributed by atoms with Gasteiger partial charge in [-0.3, -0.25) is 4.90 Å². The zero-order chi connectivity index (χ0) is 12.6. The zero-order valence-electron chi connectivity index (χ0n) is 12.3. The van der Waals surface area contributed by atoms with E-state index in [2.05, 4.69) is 24.1 Å². The number of hydrogen-bond acceptors (Lipinski definition) is 2. The van der Waals surface area contributed by atoms with Crippen LogP contribution in [0.15, 0.2) is 0 Å². The normalized spacial score (nSPS) is 31.0. The van der Waals surface area contributed by atoms with Crippen LogP contribution in [0.4, 0.5) is 0 Å². The van der Waals surface area contributed by atoms with E-state index in [1.54, 1.807) is 0 Å². The van der Waals surface area contributed by atoms with Crippen LogP contribution < -0.4 is 5.32 Å². The number of rotatable bonds is 4. The summed E-state index contributed by atoms with van der Waals surface area (Å²) in [6.45, 7) is 8.71. The molecule has 2 nitrogen and oxygen atoms in total. The van der Waals surface area contributed by atoms with Crippen molar-refractivity contribution in [2.24, 2.45) is 5.92 Å². The molecule has 0 radical (unpaired) electrons. The molecule has 0 aromatic heterocycles. The highest BCUT2D eigenvalue weighted by Crippen LogP contribution is 2.40. The van der Waals surface area contributed by atoms with Gasteiger partial charge in [-0.15, -0.1) is 0 Å². The molecule has 1 N–H and O–H groups in total. The molecule has 3 fully saturated rings. The standard InChI is InChI=1S/C16H30N2/c1-3-16(4-2)12-17-15(9-5-6-10-15)13-18(16)11-14-7-8-14/h14,17H,3-13H2,1-2H3. The number of nitrogens with one attached hydrogen (secondary N) is 1. The fourth-order valence-electron chi connectivity index (χ4n) is 4.26. The Kier molecular flexibility index (Phi) is 3.44. The van der Waals surface area contributed by atoms with Crippen LogP contribution in [0.2, 0.25) is 0 Å². The van der Waals surface area contributed by atoms with E-state index in [0.717, 1.165) is 5.92 Å². The van der Waals surface area contributed by atoms with Crippen molar-refractivity contribution in [2.75, 3.05) is 19.6 Å². The van der Waals surface area contributed by atoms with Crippen LogP contribution in [0.1, 0.15) is 65.2 Å². The summed E-state index contributed by atoms with van der Waals surface area (Å²) in [6, 6.07) is 0. The molecule has 1 aliphatic heterocycles. The van der Waals surface area contributed by atoms with Gasteiger partial charge < -0.3 is 5.32 Å². The fraction of sp³-hybridized carbons (Fsp3) is 1.00. The second-order valence-corrected chi connectivity index (χ2v) is 7.10. The Labute approximate surface area is 113 Å². The van der Waals surface area contributed by atoms with Gasteiger partial charge in [-0.2, -0.15) is 0 Å². The first-order valence-corrected chi connectivity index (χ1v) is 8.22. The maximum Gasteiger partial charge on any atom is 0.0329 e. The van der Waals surface area contributed by atoms with E-state index in [1.165, 1.54) is 71.0 Å². The van der Waals surface area contributed by atoms with Crippen molar-refractivity contribution in [3.63, 3.8) is 0 Å². The predicted molar refractivity (Wildman–Crippen MR) is 76.8 cm³/mol. The van der Waals surface area contributed by atoms with Crippen molar-refractivity contribution in [1.82, 2.24) is 10.2 Å². The van der Waals surface area contributed by atoms with Gasteiger partial charge in [-0.1, -0.05) is 26.7 Å². The highest BCUT2D eigenvalue weighted by Gasteiger charge is 2.47. The van der Waals surface area contributed by atoms with Crippen molar-refractivity contribution < 1.29 is 0 Å². The Balaban J connectivity index is 1.75. The third kappa shape index (κ3) is 2.22. The zero-order valence-corrected chi connectivity index (χ0v) is 12.3. The third-order valence-electron chi connectivity index (χ3n) is 6.01. The Morgan fingerprint density at radius 1 is 1.11 bits per heavy atom. The van der Waals surface area contributed by atoms with Crippen LogP contribution in [-0.2, 0) is 0 Å². The lowest BCUT2D eigenvalue weighted by atomic mass is 9.82. The number of piperazine rings is 1. The molecule has 0 amide bonds. The van der Waals surface area contributed by atoms with Crippen LogP contribution in [-0.4, -0.2) is 35.6 Å². The van der Waals surface area contributed by atoms with Gasteiger partial charge >= 0.3 is 0 Å². The van der Waals surface area contributed by atoms with Gasteiger partial charge in [0.05, 0.1) is 0 Å². The Bertz CT molecular complexity index is 285. The van der Waals surface area contributed by atoms with Crippen molar-refractivity contribution in [1.29, 1.82) is 0 Å². The molecular weight excluding hydrogens is 220 g/mol. The Hall–Kier alpha value is -0.0800. The van der Waals surface area contributed by atoms with Gasteiger partial charge in [0.15, 0.2) is 0 Å². The van der Waals surface area contributed by atoms with E-state index >= 15 is 0 Å². The first-order chi connectivity index (χ1) is 8.72. The first-order valence-electron chi connectivity index (χ1n) is 8.22.